The van der Waals surface area contributed by atoms with Gasteiger partial charge in [-0.25, -0.2) is 0 Å². The first-order valence-corrected chi connectivity index (χ1v) is 7.29. The molecule has 1 fully saturated rings. The fraction of sp³-hybridized carbons (Fsp3) is 0.500. The Labute approximate surface area is 125 Å². The van der Waals surface area contributed by atoms with Gasteiger partial charge in [0.25, 0.3) is 0 Å². The monoisotopic (exact) mass is 296 g/mol. The van der Waals surface area contributed by atoms with Crippen LogP contribution in [0, 0.1) is 0 Å². The highest BCUT2D eigenvalue weighted by molar-refractivity contribution is 7.80. The summed E-state index contributed by atoms with van der Waals surface area (Å²) >= 11 is 5.30. The van der Waals surface area contributed by atoms with Gasteiger partial charge in [-0.15, -0.1) is 0 Å². The van der Waals surface area contributed by atoms with Crippen LogP contribution in [0.5, 0.6) is 5.75 Å². The van der Waals surface area contributed by atoms with Crippen molar-refractivity contribution in [3.63, 3.8) is 0 Å². The van der Waals surface area contributed by atoms with Gasteiger partial charge in [0.05, 0.1) is 39.1 Å². The molecule has 2 rings (SSSR count). The van der Waals surface area contributed by atoms with Crippen LogP contribution in [0.3, 0.4) is 0 Å². The number of rotatable bonds is 5. The third kappa shape index (κ3) is 4.63. The summed E-state index contributed by atoms with van der Waals surface area (Å²) in [5, 5.41) is 7.02. The predicted octanol–water partition coefficient (Wildman–Crippen LogP) is -0.103. The lowest BCUT2D eigenvalue weighted by molar-refractivity contribution is -0.906. The Bertz CT molecular complexity index is 436. The first kappa shape index (κ1) is 15.0. The Morgan fingerprint density at radius 3 is 2.85 bits per heavy atom. The fourth-order valence-corrected chi connectivity index (χ4v) is 2.39. The molecule has 0 bridgehead atoms. The van der Waals surface area contributed by atoms with Crippen LogP contribution in [0.1, 0.15) is 0 Å². The first-order valence-electron chi connectivity index (χ1n) is 6.89. The number of ether oxygens (including phenoxy) is 2. The molecule has 3 N–H and O–H groups in total. The maximum atomic E-state index is 5.34. The van der Waals surface area contributed by atoms with Crippen molar-refractivity contribution in [1.29, 1.82) is 0 Å². The molecule has 1 aromatic carbocycles. The van der Waals surface area contributed by atoms with Crippen molar-refractivity contribution in [2.45, 2.75) is 0 Å². The molecule has 0 unspecified atom stereocenters. The fourth-order valence-electron chi connectivity index (χ4n) is 2.18. The maximum Gasteiger partial charge on any atom is 0.171 e. The molecule has 1 aliphatic heterocycles. The topological polar surface area (TPSA) is 47.0 Å². The van der Waals surface area contributed by atoms with Crippen LogP contribution in [0.25, 0.3) is 0 Å². The van der Waals surface area contributed by atoms with E-state index in [4.69, 9.17) is 21.7 Å². The zero-order valence-corrected chi connectivity index (χ0v) is 12.6. The first-order chi connectivity index (χ1) is 9.79. The van der Waals surface area contributed by atoms with E-state index in [1.54, 1.807) is 12.0 Å². The molecule has 1 aromatic rings. The van der Waals surface area contributed by atoms with Crippen molar-refractivity contribution in [3.8, 4) is 5.75 Å². The van der Waals surface area contributed by atoms with Gasteiger partial charge in [-0.05, 0) is 24.4 Å². The molecule has 0 saturated carbocycles. The SMILES string of the molecule is COc1ccccc1NC(=S)NCC[NH+]1CCOCC1. The van der Waals surface area contributed by atoms with E-state index in [1.807, 2.05) is 24.3 Å². The van der Waals surface area contributed by atoms with E-state index in [0.29, 0.717) is 5.11 Å². The molecule has 0 radical (unpaired) electrons. The zero-order valence-electron chi connectivity index (χ0n) is 11.8. The molecule has 5 nitrogen and oxygen atoms in total. The molecule has 0 aliphatic carbocycles. The summed E-state index contributed by atoms with van der Waals surface area (Å²) in [6.45, 7) is 5.79. The van der Waals surface area contributed by atoms with Crippen LogP contribution in [0.15, 0.2) is 24.3 Å². The van der Waals surface area contributed by atoms with E-state index < -0.39 is 0 Å². The maximum absolute atomic E-state index is 5.34. The smallest absolute Gasteiger partial charge is 0.171 e. The number of quaternary nitrogens is 1. The van der Waals surface area contributed by atoms with Crippen molar-refractivity contribution in [3.05, 3.63) is 24.3 Å². The van der Waals surface area contributed by atoms with Gasteiger partial charge in [0.15, 0.2) is 5.11 Å². The van der Waals surface area contributed by atoms with Gasteiger partial charge in [0.2, 0.25) is 0 Å². The van der Waals surface area contributed by atoms with E-state index >= 15 is 0 Å². The lowest BCUT2D eigenvalue weighted by Crippen LogP contribution is -3.14. The lowest BCUT2D eigenvalue weighted by Gasteiger charge is -2.24. The van der Waals surface area contributed by atoms with Gasteiger partial charge in [-0.3, -0.25) is 0 Å². The van der Waals surface area contributed by atoms with Crippen molar-refractivity contribution in [1.82, 2.24) is 5.32 Å². The minimum Gasteiger partial charge on any atom is -0.495 e. The van der Waals surface area contributed by atoms with E-state index in [-0.39, 0.29) is 0 Å². The number of anilines is 1. The molecule has 1 heterocycles. The van der Waals surface area contributed by atoms with Crippen LogP contribution in [-0.2, 0) is 4.74 Å². The van der Waals surface area contributed by atoms with E-state index in [2.05, 4.69) is 10.6 Å². The summed E-state index contributed by atoms with van der Waals surface area (Å²) in [7, 11) is 1.65. The second-order valence-electron chi connectivity index (χ2n) is 4.69. The molecule has 0 aromatic heterocycles. The second-order valence-corrected chi connectivity index (χ2v) is 5.10. The molecule has 110 valence electrons. The molecular formula is C14H22N3O2S+. The highest BCUT2D eigenvalue weighted by Gasteiger charge is 2.13. The van der Waals surface area contributed by atoms with Crippen molar-refractivity contribution < 1.29 is 14.4 Å². The van der Waals surface area contributed by atoms with E-state index in [0.717, 1.165) is 50.8 Å². The van der Waals surface area contributed by atoms with Crippen LogP contribution >= 0.6 is 12.2 Å². The molecular weight excluding hydrogens is 274 g/mol. The third-order valence-corrected chi connectivity index (χ3v) is 3.57. The number of benzene rings is 1. The summed E-state index contributed by atoms with van der Waals surface area (Å²) < 4.78 is 10.6. The van der Waals surface area contributed by atoms with Gasteiger partial charge in [0.1, 0.15) is 18.8 Å². The normalized spacial score (nSPS) is 15.7. The van der Waals surface area contributed by atoms with Crippen molar-refractivity contribution >= 4 is 23.0 Å². The number of nitrogens with one attached hydrogen (secondary N) is 3. The van der Waals surface area contributed by atoms with E-state index in [1.165, 1.54) is 0 Å². The van der Waals surface area contributed by atoms with Crippen LogP contribution in [0.4, 0.5) is 5.69 Å². The zero-order chi connectivity index (χ0) is 14.2. The van der Waals surface area contributed by atoms with Gasteiger partial charge in [0, 0.05) is 0 Å². The largest absolute Gasteiger partial charge is 0.495 e. The highest BCUT2D eigenvalue weighted by Crippen LogP contribution is 2.22. The Morgan fingerprint density at radius 1 is 1.35 bits per heavy atom. The molecule has 6 heteroatoms. The highest BCUT2D eigenvalue weighted by atomic mass is 32.1. The minimum atomic E-state index is 0.627. The van der Waals surface area contributed by atoms with Crippen LogP contribution in [-0.4, -0.2) is 51.6 Å². The predicted molar refractivity (Wildman–Crippen MR) is 83.6 cm³/mol. The third-order valence-electron chi connectivity index (χ3n) is 3.32. The van der Waals surface area contributed by atoms with E-state index in [9.17, 15) is 0 Å². The molecule has 0 atom stereocenters. The number of hydrogen-bond donors (Lipinski definition) is 3. The van der Waals surface area contributed by atoms with Gasteiger partial charge in [-0.1, -0.05) is 12.1 Å². The number of hydrogen-bond acceptors (Lipinski definition) is 3. The van der Waals surface area contributed by atoms with Crippen LogP contribution in [0.2, 0.25) is 0 Å². The van der Waals surface area contributed by atoms with Gasteiger partial charge in [-0.2, -0.15) is 0 Å². The van der Waals surface area contributed by atoms with Crippen molar-refractivity contribution in [2.75, 3.05) is 51.8 Å². The quantitative estimate of drug-likeness (QED) is 0.662. The van der Waals surface area contributed by atoms with Crippen LogP contribution < -0.4 is 20.3 Å². The number of methoxy groups -OCH3 is 1. The average Bonchev–Trinajstić information content (AvgIpc) is 2.49. The number of para-hydroxylation sites is 2. The number of morpholine rings is 1. The molecule has 1 saturated heterocycles. The summed E-state index contributed by atoms with van der Waals surface area (Å²) in [5.74, 6) is 0.787. The Morgan fingerprint density at radius 2 is 2.10 bits per heavy atom. The Balaban J connectivity index is 1.72. The van der Waals surface area contributed by atoms with Gasteiger partial charge < -0.3 is 25.0 Å². The molecule has 20 heavy (non-hydrogen) atoms. The standard InChI is InChI=1S/C14H21N3O2S/c1-18-13-5-3-2-4-12(13)16-14(20)15-6-7-17-8-10-19-11-9-17/h2-5H,6-11H2,1H3,(H2,15,16,20)/p+1. The molecule has 1 aliphatic rings. The van der Waals surface area contributed by atoms with Crippen molar-refractivity contribution in [2.24, 2.45) is 0 Å². The molecule has 0 amide bonds. The summed E-state index contributed by atoms with van der Waals surface area (Å²) in [4.78, 5) is 1.56. The Hall–Kier alpha value is -1.37. The Kier molecular flexibility index (Phi) is 6.04. The summed E-state index contributed by atoms with van der Waals surface area (Å²) in [6, 6.07) is 7.73. The lowest BCUT2D eigenvalue weighted by atomic mass is 10.3. The summed E-state index contributed by atoms with van der Waals surface area (Å²) in [6.07, 6.45) is 0. The summed E-state index contributed by atoms with van der Waals surface area (Å²) in [5.41, 5.74) is 0.881. The molecule has 0 spiro atoms. The van der Waals surface area contributed by atoms with Gasteiger partial charge >= 0.3 is 0 Å². The second kappa shape index (κ2) is 8.04. The minimum absolute atomic E-state index is 0.627. The number of thiocarbonyl (C=S) groups is 1. The average molecular weight is 296 g/mol.